The molecular formula is C11H13N3S. The molecule has 2 N–H and O–H groups in total. The normalized spacial score (nSPS) is 12.7. The van der Waals surface area contributed by atoms with Crippen molar-refractivity contribution in [1.29, 1.82) is 0 Å². The molecule has 0 bridgehead atoms. The second-order valence-corrected chi connectivity index (χ2v) is 4.34. The third-order valence-corrected chi connectivity index (χ3v) is 2.90. The highest BCUT2D eigenvalue weighted by Gasteiger charge is 2.09. The summed E-state index contributed by atoms with van der Waals surface area (Å²) in [6, 6.07) is 1.97. The molecule has 0 aliphatic carbocycles. The van der Waals surface area contributed by atoms with Crippen LogP contribution in [0.15, 0.2) is 29.2 Å². The topological polar surface area (TPSA) is 51.8 Å². The minimum atomic E-state index is -0.111. The van der Waals surface area contributed by atoms with Gasteiger partial charge in [-0.3, -0.25) is 0 Å². The van der Waals surface area contributed by atoms with Gasteiger partial charge in [0.2, 0.25) is 0 Å². The van der Waals surface area contributed by atoms with E-state index < -0.39 is 0 Å². The number of hydrogen-bond acceptors (Lipinski definition) is 4. The molecule has 0 amide bonds. The zero-order valence-corrected chi connectivity index (χ0v) is 9.37. The van der Waals surface area contributed by atoms with Gasteiger partial charge in [0.25, 0.3) is 0 Å². The molecule has 0 saturated carbocycles. The van der Waals surface area contributed by atoms with E-state index in [9.17, 15) is 0 Å². The van der Waals surface area contributed by atoms with Crippen LogP contribution in [0.2, 0.25) is 0 Å². The van der Waals surface area contributed by atoms with Crippen molar-refractivity contribution in [3.63, 3.8) is 0 Å². The smallest absolute Gasteiger partial charge is 0.145 e. The van der Waals surface area contributed by atoms with Gasteiger partial charge < -0.3 is 5.73 Å². The third kappa shape index (κ3) is 2.61. The maximum Gasteiger partial charge on any atom is 0.145 e. The zero-order valence-electron chi connectivity index (χ0n) is 8.55. The number of nitrogens with zero attached hydrogens (tertiary/aromatic N) is 2. The summed E-state index contributed by atoms with van der Waals surface area (Å²) >= 11 is 1.68. The van der Waals surface area contributed by atoms with Gasteiger partial charge in [-0.25, -0.2) is 9.97 Å². The van der Waals surface area contributed by atoms with Crippen molar-refractivity contribution in [2.75, 3.05) is 0 Å². The number of rotatable bonds is 3. The predicted molar refractivity (Wildman–Crippen MR) is 61.7 cm³/mol. The lowest BCUT2D eigenvalue weighted by Crippen LogP contribution is -2.16. The molecule has 0 aromatic carbocycles. The van der Waals surface area contributed by atoms with Gasteiger partial charge in [-0.05, 0) is 41.3 Å². The van der Waals surface area contributed by atoms with Crippen LogP contribution in [-0.4, -0.2) is 9.97 Å². The molecule has 3 nitrogen and oxygen atoms in total. The fraction of sp³-hybridized carbons (Fsp3) is 0.273. The Labute approximate surface area is 93.0 Å². The SMILES string of the molecule is Cc1cnc(C(N)Cc2ccsc2)nc1. The van der Waals surface area contributed by atoms with Crippen LogP contribution >= 0.6 is 11.3 Å². The van der Waals surface area contributed by atoms with Crippen molar-refractivity contribution < 1.29 is 0 Å². The molecule has 15 heavy (non-hydrogen) atoms. The standard InChI is InChI=1S/C11H13N3S/c1-8-5-13-11(14-6-8)10(12)4-9-2-3-15-7-9/h2-3,5-7,10H,4,12H2,1H3. The molecule has 0 aliphatic heterocycles. The van der Waals surface area contributed by atoms with E-state index in [1.54, 1.807) is 23.7 Å². The number of nitrogens with two attached hydrogens (primary N) is 1. The Balaban J connectivity index is 2.08. The number of aryl methyl sites for hydroxylation is 1. The molecule has 0 aliphatic rings. The van der Waals surface area contributed by atoms with E-state index in [0.717, 1.165) is 12.0 Å². The minimum absolute atomic E-state index is 0.111. The van der Waals surface area contributed by atoms with Crippen molar-refractivity contribution in [2.45, 2.75) is 19.4 Å². The van der Waals surface area contributed by atoms with Crippen molar-refractivity contribution in [3.05, 3.63) is 46.2 Å². The first-order chi connectivity index (χ1) is 7.25. The van der Waals surface area contributed by atoms with Gasteiger partial charge in [0.15, 0.2) is 0 Å². The highest BCUT2D eigenvalue weighted by Crippen LogP contribution is 2.14. The molecule has 2 aromatic rings. The van der Waals surface area contributed by atoms with Crippen LogP contribution < -0.4 is 5.73 Å². The predicted octanol–water partition coefficient (Wildman–Crippen LogP) is 2.09. The van der Waals surface area contributed by atoms with E-state index in [1.807, 2.05) is 6.92 Å². The summed E-state index contributed by atoms with van der Waals surface area (Å²) < 4.78 is 0. The Kier molecular flexibility index (Phi) is 3.08. The molecule has 4 heteroatoms. The van der Waals surface area contributed by atoms with Gasteiger partial charge in [0.05, 0.1) is 6.04 Å². The van der Waals surface area contributed by atoms with E-state index in [1.165, 1.54) is 5.56 Å². The van der Waals surface area contributed by atoms with Crippen LogP contribution in [0.5, 0.6) is 0 Å². The van der Waals surface area contributed by atoms with E-state index in [0.29, 0.717) is 5.82 Å². The van der Waals surface area contributed by atoms with Crippen LogP contribution in [0.3, 0.4) is 0 Å². The Hall–Kier alpha value is -1.26. The Morgan fingerprint density at radius 2 is 2.13 bits per heavy atom. The molecule has 78 valence electrons. The molecule has 0 radical (unpaired) electrons. The molecule has 2 heterocycles. The maximum absolute atomic E-state index is 6.02. The fourth-order valence-corrected chi connectivity index (χ4v) is 2.03. The van der Waals surface area contributed by atoms with Crippen LogP contribution in [0.25, 0.3) is 0 Å². The fourth-order valence-electron chi connectivity index (χ4n) is 1.35. The van der Waals surface area contributed by atoms with Gasteiger partial charge in [-0.2, -0.15) is 11.3 Å². The molecule has 2 rings (SSSR count). The summed E-state index contributed by atoms with van der Waals surface area (Å²) in [5.74, 6) is 0.715. The van der Waals surface area contributed by atoms with Crippen molar-refractivity contribution in [1.82, 2.24) is 9.97 Å². The van der Waals surface area contributed by atoms with Crippen molar-refractivity contribution >= 4 is 11.3 Å². The Bertz CT molecular complexity index is 408. The second-order valence-electron chi connectivity index (χ2n) is 3.56. The van der Waals surface area contributed by atoms with E-state index in [4.69, 9.17) is 5.73 Å². The average Bonchev–Trinajstić information content (AvgIpc) is 2.71. The van der Waals surface area contributed by atoms with E-state index in [2.05, 4.69) is 26.8 Å². The summed E-state index contributed by atoms with van der Waals surface area (Å²) in [7, 11) is 0. The summed E-state index contributed by atoms with van der Waals surface area (Å²) in [5, 5.41) is 4.16. The summed E-state index contributed by atoms with van der Waals surface area (Å²) in [4.78, 5) is 8.45. The van der Waals surface area contributed by atoms with Gasteiger partial charge in [-0.15, -0.1) is 0 Å². The van der Waals surface area contributed by atoms with Crippen molar-refractivity contribution in [2.24, 2.45) is 5.73 Å². The lowest BCUT2D eigenvalue weighted by molar-refractivity contribution is 0.666. The molecule has 2 aromatic heterocycles. The zero-order chi connectivity index (χ0) is 10.7. The molecule has 0 spiro atoms. The van der Waals surface area contributed by atoms with Crippen LogP contribution in [0.1, 0.15) is 23.0 Å². The first kappa shape index (κ1) is 10.3. The van der Waals surface area contributed by atoms with Gasteiger partial charge in [-0.1, -0.05) is 0 Å². The summed E-state index contributed by atoms with van der Waals surface area (Å²) in [6.07, 6.45) is 4.40. The molecule has 1 unspecified atom stereocenters. The number of aromatic nitrogens is 2. The second kappa shape index (κ2) is 4.51. The number of hydrogen-bond donors (Lipinski definition) is 1. The summed E-state index contributed by atoms with van der Waals surface area (Å²) in [5.41, 5.74) is 8.32. The minimum Gasteiger partial charge on any atom is -0.321 e. The summed E-state index contributed by atoms with van der Waals surface area (Å²) in [6.45, 7) is 1.97. The van der Waals surface area contributed by atoms with Crippen molar-refractivity contribution in [3.8, 4) is 0 Å². The van der Waals surface area contributed by atoms with Gasteiger partial charge in [0, 0.05) is 12.4 Å². The van der Waals surface area contributed by atoms with E-state index in [-0.39, 0.29) is 6.04 Å². The quantitative estimate of drug-likeness (QED) is 0.860. The monoisotopic (exact) mass is 219 g/mol. The lowest BCUT2D eigenvalue weighted by Gasteiger charge is -2.08. The lowest BCUT2D eigenvalue weighted by atomic mass is 10.1. The molecule has 0 fully saturated rings. The number of thiophene rings is 1. The molecule has 1 atom stereocenters. The maximum atomic E-state index is 6.02. The van der Waals surface area contributed by atoms with Crippen LogP contribution in [0.4, 0.5) is 0 Å². The first-order valence-electron chi connectivity index (χ1n) is 4.81. The van der Waals surface area contributed by atoms with Gasteiger partial charge in [0.1, 0.15) is 5.82 Å². The first-order valence-corrected chi connectivity index (χ1v) is 5.75. The highest BCUT2D eigenvalue weighted by molar-refractivity contribution is 7.07. The Morgan fingerprint density at radius 3 is 2.73 bits per heavy atom. The van der Waals surface area contributed by atoms with Gasteiger partial charge >= 0.3 is 0 Å². The highest BCUT2D eigenvalue weighted by atomic mass is 32.1. The van der Waals surface area contributed by atoms with E-state index >= 15 is 0 Å². The molecule has 0 saturated heterocycles. The van der Waals surface area contributed by atoms with Crippen LogP contribution in [0, 0.1) is 6.92 Å². The third-order valence-electron chi connectivity index (χ3n) is 2.17. The Morgan fingerprint density at radius 1 is 1.40 bits per heavy atom. The largest absolute Gasteiger partial charge is 0.321 e. The molecular weight excluding hydrogens is 206 g/mol. The van der Waals surface area contributed by atoms with Crippen LogP contribution in [-0.2, 0) is 6.42 Å². The average molecular weight is 219 g/mol.